The Morgan fingerprint density at radius 2 is 1.68 bits per heavy atom. The second-order valence-corrected chi connectivity index (χ2v) is 6.12. The molecule has 1 aromatic carbocycles. The smallest absolute Gasteiger partial charge is 0.340 e. The number of hydrogen-bond acceptors (Lipinski definition) is 5. The lowest BCUT2D eigenvalue weighted by molar-refractivity contribution is 0.0555. The van der Waals surface area contributed by atoms with Crippen LogP contribution in [0.3, 0.4) is 0 Å². The average Bonchev–Trinajstić information content (AvgIpc) is 3.20. The maximum Gasteiger partial charge on any atom is 0.340 e. The molecule has 0 saturated carbocycles. The van der Waals surface area contributed by atoms with Crippen LogP contribution in [0.15, 0.2) is 24.3 Å². The van der Waals surface area contributed by atoms with Crippen LogP contribution in [-0.4, -0.2) is 30.7 Å². The molecule has 0 radical (unpaired) electrons. The molecule has 0 bridgehead atoms. The Balaban J connectivity index is 2.01. The SMILES string of the molecule is COC(=O)c1c(C(=O)OC)c(CCc2ccc(N)cc2)n2c1CCC2. The fourth-order valence-electron chi connectivity index (χ4n) is 3.51. The molecule has 3 rings (SSSR count). The monoisotopic (exact) mass is 342 g/mol. The van der Waals surface area contributed by atoms with Gasteiger partial charge in [-0.05, 0) is 43.4 Å². The lowest BCUT2D eigenvalue weighted by atomic mass is 10.0. The molecule has 132 valence electrons. The van der Waals surface area contributed by atoms with Crippen molar-refractivity contribution < 1.29 is 19.1 Å². The number of nitrogens with two attached hydrogens (primary N) is 1. The summed E-state index contributed by atoms with van der Waals surface area (Å²) in [5, 5.41) is 0. The van der Waals surface area contributed by atoms with Crippen LogP contribution in [0.25, 0.3) is 0 Å². The highest BCUT2D eigenvalue weighted by molar-refractivity contribution is 6.05. The third kappa shape index (κ3) is 3.12. The quantitative estimate of drug-likeness (QED) is 0.666. The normalized spacial score (nSPS) is 12.7. The van der Waals surface area contributed by atoms with Crippen molar-refractivity contribution >= 4 is 17.6 Å². The number of fused-ring (bicyclic) bond motifs is 1. The minimum absolute atomic E-state index is 0.347. The maximum atomic E-state index is 12.4. The summed E-state index contributed by atoms with van der Waals surface area (Å²) in [6, 6.07) is 7.67. The molecule has 25 heavy (non-hydrogen) atoms. The summed E-state index contributed by atoms with van der Waals surface area (Å²) in [6.07, 6.45) is 3.10. The van der Waals surface area contributed by atoms with Crippen molar-refractivity contribution in [1.82, 2.24) is 4.57 Å². The van der Waals surface area contributed by atoms with Gasteiger partial charge in [0.05, 0.1) is 25.3 Å². The first-order chi connectivity index (χ1) is 12.1. The summed E-state index contributed by atoms with van der Waals surface area (Å²) in [7, 11) is 2.66. The molecule has 0 fully saturated rings. The average molecular weight is 342 g/mol. The number of hydrogen-bond donors (Lipinski definition) is 1. The third-order valence-corrected chi connectivity index (χ3v) is 4.68. The topological polar surface area (TPSA) is 83.6 Å². The van der Waals surface area contributed by atoms with E-state index in [0.29, 0.717) is 17.5 Å². The number of rotatable bonds is 5. The van der Waals surface area contributed by atoms with E-state index in [1.165, 1.54) is 14.2 Å². The number of carbonyl (C=O) groups excluding carboxylic acids is 2. The van der Waals surface area contributed by atoms with Crippen molar-refractivity contribution in [3.63, 3.8) is 0 Å². The van der Waals surface area contributed by atoms with Gasteiger partial charge in [-0.2, -0.15) is 0 Å². The van der Waals surface area contributed by atoms with E-state index in [1.54, 1.807) is 0 Å². The molecule has 2 N–H and O–H groups in total. The predicted molar refractivity (Wildman–Crippen MR) is 93.7 cm³/mol. The van der Waals surface area contributed by atoms with E-state index in [4.69, 9.17) is 15.2 Å². The number of nitrogens with zero attached hydrogens (tertiary/aromatic N) is 1. The fraction of sp³-hybridized carbons (Fsp3) is 0.368. The number of aromatic nitrogens is 1. The molecule has 2 aromatic rings. The highest BCUT2D eigenvalue weighted by Gasteiger charge is 2.33. The van der Waals surface area contributed by atoms with Crippen molar-refractivity contribution in [2.75, 3.05) is 20.0 Å². The van der Waals surface area contributed by atoms with Gasteiger partial charge in [0.25, 0.3) is 0 Å². The fourth-order valence-corrected chi connectivity index (χ4v) is 3.51. The van der Waals surface area contributed by atoms with E-state index in [9.17, 15) is 9.59 Å². The second-order valence-electron chi connectivity index (χ2n) is 6.12. The third-order valence-electron chi connectivity index (χ3n) is 4.68. The van der Waals surface area contributed by atoms with Gasteiger partial charge >= 0.3 is 11.9 Å². The number of carbonyl (C=O) groups is 2. The van der Waals surface area contributed by atoms with E-state index >= 15 is 0 Å². The minimum atomic E-state index is -0.491. The highest BCUT2D eigenvalue weighted by atomic mass is 16.5. The number of ether oxygens (including phenoxy) is 2. The van der Waals surface area contributed by atoms with Crippen LogP contribution >= 0.6 is 0 Å². The Morgan fingerprint density at radius 3 is 2.32 bits per heavy atom. The van der Waals surface area contributed by atoms with Gasteiger partial charge in [-0.15, -0.1) is 0 Å². The van der Waals surface area contributed by atoms with E-state index in [1.807, 2.05) is 24.3 Å². The van der Waals surface area contributed by atoms with Crippen molar-refractivity contribution in [2.45, 2.75) is 32.2 Å². The Hall–Kier alpha value is -2.76. The number of aryl methyl sites for hydroxylation is 1. The molecule has 0 amide bonds. The Labute approximate surface area is 146 Å². The first kappa shape index (κ1) is 17.1. The minimum Gasteiger partial charge on any atom is -0.465 e. The number of anilines is 1. The molecule has 0 spiro atoms. The Bertz CT molecular complexity index is 806. The lowest BCUT2D eigenvalue weighted by Crippen LogP contribution is -2.13. The number of esters is 2. The predicted octanol–water partition coefficient (Wildman–Crippen LogP) is 2.37. The van der Waals surface area contributed by atoms with Gasteiger partial charge in [0.2, 0.25) is 0 Å². The molecular formula is C19H22N2O4. The van der Waals surface area contributed by atoms with E-state index in [-0.39, 0.29) is 0 Å². The van der Waals surface area contributed by atoms with E-state index in [0.717, 1.165) is 48.4 Å². The summed E-state index contributed by atoms with van der Waals surface area (Å²) >= 11 is 0. The Morgan fingerprint density at radius 1 is 1.04 bits per heavy atom. The number of nitrogen functional groups attached to an aromatic ring is 1. The molecule has 0 saturated heterocycles. The first-order valence-corrected chi connectivity index (χ1v) is 8.32. The van der Waals surface area contributed by atoms with Crippen molar-refractivity contribution in [3.05, 3.63) is 52.3 Å². The van der Waals surface area contributed by atoms with Crippen LogP contribution < -0.4 is 5.73 Å². The van der Waals surface area contributed by atoms with Gasteiger partial charge in [0.15, 0.2) is 0 Å². The second kappa shape index (κ2) is 7.01. The van der Waals surface area contributed by atoms with Crippen LogP contribution in [0, 0.1) is 0 Å². The van der Waals surface area contributed by atoms with Crippen molar-refractivity contribution in [1.29, 1.82) is 0 Å². The first-order valence-electron chi connectivity index (χ1n) is 8.32. The molecule has 0 aliphatic carbocycles. The van der Waals surface area contributed by atoms with Crippen molar-refractivity contribution in [2.24, 2.45) is 0 Å². The summed E-state index contributed by atoms with van der Waals surface area (Å²) < 4.78 is 11.9. The van der Waals surface area contributed by atoms with Gasteiger partial charge in [0.1, 0.15) is 0 Å². The molecule has 1 aliphatic heterocycles. The summed E-state index contributed by atoms with van der Waals surface area (Å²) in [5.74, 6) is -0.973. The zero-order valence-electron chi connectivity index (χ0n) is 14.5. The van der Waals surface area contributed by atoms with E-state index < -0.39 is 11.9 Å². The maximum absolute atomic E-state index is 12.4. The molecular weight excluding hydrogens is 320 g/mol. The molecule has 6 heteroatoms. The zero-order chi connectivity index (χ0) is 18.0. The van der Waals surface area contributed by atoms with Gasteiger partial charge in [0, 0.05) is 23.6 Å². The highest BCUT2D eigenvalue weighted by Crippen LogP contribution is 2.31. The Kier molecular flexibility index (Phi) is 4.79. The molecule has 1 aromatic heterocycles. The molecule has 0 unspecified atom stereocenters. The zero-order valence-corrected chi connectivity index (χ0v) is 14.5. The summed E-state index contributed by atoms with van der Waals surface area (Å²) in [5.41, 5.74) is 9.99. The van der Waals surface area contributed by atoms with Crippen molar-refractivity contribution in [3.8, 4) is 0 Å². The summed E-state index contributed by atoms with van der Waals surface area (Å²) in [4.78, 5) is 24.7. The van der Waals surface area contributed by atoms with E-state index in [2.05, 4.69) is 4.57 Å². The number of methoxy groups -OCH3 is 2. The largest absolute Gasteiger partial charge is 0.465 e. The van der Waals surface area contributed by atoms with Crippen LogP contribution in [0.1, 0.15) is 44.1 Å². The lowest BCUT2D eigenvalue weighted by Gasteiger charge is -2.09. The number of benzene rings is 1. The van der Waals surface area contributed by atoms with Crippen LogP contribution in [0.4, 0.5) is 5.69 Å². The molecule has 6 nitrogen and oxygen atoms in total. The molecule has 0 atom stereocenters. The van der Waals surface area contributed by atoms with Gasteiger partial charge in [-0.3, -0.25) is 0 Å². The molecule has 1 aliphatic rings. The van der Waals surface area contributed by atoms with Crippen LogP contribution in [-0.2, 0) is 35.3 Å². The van der Waals surface area contributed by atoms with Crippen LogP contribution in [0.5, 0.6) is 0 Å². The standard InChI is InChI=1S/C19H22N2O4/c1-24-18(22)16-14-4-3-11-21(14)15(17(16)19(23)25-2)10-7-12-5-8-13(20)9-6-12/h5-6,8-9H,3-4,7,10-11,20H2,1-2H3. The summed E-state index contributed by atoms with van der Waals surface area (Å²) in [6.45, 7) is 0.799. The van der Waals surface area contributed by atoms with Crippen LogP contribution in [0.2, 0.25) is 0 Å². The van der Waals surface area contributed by atoms with Gasteiger partial charge in [-0.25, -0.2) is 9.59 Å². The molecule has 2 heterocycles. The van der Waals surface area contributed by atoms with Gasteiger partial charge < -0.3 is 19.8 Å². The van der Waals surface area contributed by atoms with Gasteiger partial charge in [-0.1, -0.05) is 12.1 Å².